The molecule has 1 fully saturated rings. The summed E-state index contributed by atoms with van der Waals surface area (Å²) in [7, 11) is 0. The summed E-state index contributed by atoms with van der Waals surface area (Å²) in [6, 6.07) is 5.42. The normalized spacial score (nSPS) is 16.8. The summed E-state index contributed by atoms with van der Waals surface area (Å²) >= 11 is 1.65. The summed E-state index contributed by atoms with van der Waals surface area (Å²) in [6.07, 6.45) is -4.27. The highest BCUT2D eigenvalue weighted by atomic mass is 32.1. The van der Waals surface area contributed by atoms with E-state index in [1.165, 1.54) is 0 Å². The lowest BCUT2D eigenvalue weighted by Gasteiger charge is -2.35. The number of thiazole rings is 1. The van der Waals surface area contributed by atoms with Crippen molar-refractivity contribution in [3.8, 4) is 0 Å². The second-order valence-corrected chi connectivity index (χ2v) is 6.73. The summed E-state index contributed by atoms with van der Waals surface area (Å²) in [5, 5.41) is 3.15. The van der Waals surface area contributed by atoms with Gasteiger partial charge in [0.2, 0.25) is 0 Å². The molecule has 3 rings (SSSR count). The number of benzene rings is 1. The Labute approximate surface area is 137 Å². The largest absolute Gasteiger partial charge is 0.416 e. The maximum absolute atomic E-state index is 12.6. The molecule has 0 saturated carbocycles. The Morgan fingerprint density at radius 2 is 1.74 bits per heavy atom. The number of hydrogen-bond acceptors (Lipinski definition) is 4. The molecular weight excluding hydrogens is 323 g/mol. The Hall–Kier alpha value is -1.60. The lowest BCUT2D eigenvalue weighted by Crippen LogP contribution is -2.46. The van der Waals surface area contributed by atoms with Crippen LogP contribution in [0.25, 0.3) is 0 Å². The fourth-order valence-corrected chi connectivity index (χ4v) is 3.34. The summed E-state index contributed by atoms with van der Waals surface area (Å²) in [4.78, 5) is 8.93. The summed E-state index contributed by atoms with van der Waals surface area (Å²) in [5.74, 6) is 0. The molecule has 1 aromatic heterocycles. The van der Waals surface area contributed by atoms with Crippen LogP contribution in [0.4, 0.5) is 18.9 Å². The van der Waals surface area contributed by atoms with Crippen LogP contribution in [0.3, 0.4) is 0 Å². The maximum atomic E-state index is 12.6. The number of aromatic nitrogens is 1. The Balaban J connectivity index is 1.56. The van der Waals surface area contributed by atoms with E-state index in [-0.39, 0.29) is 0 Å². The zero-order chi connectivity index (χ0) is 16.4. The van der Waals surface area contributed by atoms with Crippen LogP contribution in [0.5, 0.6) is 0 Å². The highest BCUT2D eigenvalue weighted by molar-refractivity contribution is 7.09. The molecule has 2 heterocycles. The molecule has 0 bridgehead atoms. The number of rotatable bonds is 3. The van der Waals surface area contributed by atoms with E-state index in [2.05, 4.69) is 20.2 Å². The van der Waals surface area contributed by atoms with E-state index >= 15 is 0 Å². The van der Waals surface area contributed by atoms with Crippen molar-refractivity contribution >= 4 is 17.0 Å². The number of nitrogens with zero attached hydrogens (tertiary/aromatic N) is 3. The van der Waals surface area contributed by atoms with Crippen LogP contribution in [0, 0.1) is 6.92 Å². The average molecular weight is 341 g/mol. The van der Waals surface area contributed by atoms with Crippen molar-refractivity contribution in [2.45, 2.75) is 19.6 Å². The van der Waals surface area contributed by atoms with Crippen molar-refractivity contribution in [3.63, 3.8) is 0 Å². The van der Waals surface area contributed by atoms with Gasteiger partial charge in [-0.15, -0.1) is 11.3 Å². The molecule has 0 atom stereocenters. The molecule has 0 radical (unpaired) electrons. The Bertz CT molecular complexity index is 643. The topological polar surface area (TPSA) is 19.4 Å². The smallest absolute Gasteiger partial charge is 0.369 e. The Kier molecular flexibility index (Phi) is 4.59. The van der Waals surface area contributed by atoms with Crippen LogP contribution in [-0.4, -0.2) is 36.1 Å². The van der Waals surface area contributed by atoms with Gasteiger partial charge in [0.05, 0.1) is 16.3 Å². The zero-order valence-electron chi connectivity index (χ0n) is 12.8. The zero-order valence-corrected chi connectivity index (χ0v) is 13.6. The van der Waals surface area contributed by atoms with Crippen LogP contribution in [-0.2, 0) is 12.7 Å². The predicted octanol–water partition coefficient (Wildman–Crippen LogP) is 3.79. The van der Waals surface area contributed by atoms with Gasteiger partial charge in [-0.1, -0.05) is 0 Å². The van der Waals surface area contributed by atoms with Crippen LogP contribution >= 0.6 is 11.3 Å². The molecule has 1 aliphatic rings. The van der Waals surface area contributed by atoms with E-state index in [9.17, 15) is 13.2 Å². The molecule has 1 aromatic carbocycles. The molecule has 0 spiro atoms. The van der Waals surface area contributed by atoms with Crippen LogP contribution in [0.1, 0.15) is 16.3 Å². The van der Waals surface area contributed by atoms with Gasteiger partial charge in [0.1, 0.15) is 0 Å². The van der Waals surface area contributed by atoms with Crippen molar-refractivity contribution in [1.29, 1.82) is 0 Å². The molecule has 1 aliphatic heterocycles. The lowest BCUT2D eigenvalue weighted by molar-refractivity contribution is -0.137. The summed E-state index contributed by atoms with van der Waals surface area (Å²) in [6.45, 7) is 6.24. The second-order valence-electron chi connectivity index (χ2n) is 5.67. The van der Waals surface area contributed by atoms with Gasteiger partial charge in [-0.05, 0) is 31.2 Å². The molecule has 0 N–H and O–H groups in total. The van der Waals surface area contributed by atoms with E-state index in [4.69, 9.17) is 0 Å². The third kappa shape index (κ3) is 4.03. The average Bonchev–Trinajstić information content (AvgIpc) is 2.92. The maximum Gasteiger partial charge on any atom is 0.416 e. The Morgan fingerprint density at radius 3 is 2.26 bits per heavy atom. The minimum atomic E-state index is -4.27. The molecule has 0 aliphatic carbocycles. The highest BCUT2D eigenvalue weighted by Crippen LogP contribution is 2.30. The Morgan fingerprint density at radius 1 is 1.09 bits per heavy atom. The predicted molar refractivity (Wildman–Crippen MR) is 85.8 cm³/mol. The lowest BCUT2D eigenvalue weighted by atomic mass is 10.1. The highest BCUT2D eigenvalue weighted by Gasteiger charge is 2.30. The van der Waals surface area contributed by atoms with Crippen molar-refractivity contribution in [3.05, 3.63) is 45.9 Å². The van der Waals surface area contributed by atoms with Crippen molar-refractivity contribution < 1.29 is 13.2 Å². The van der Waals surface area contributed by atoms with Crippen LogP contribution in [0.15, 0.2) is 29.6 Å². The van der Waals surface area contributed by atoms with Crippen LogP contribution < -0.4 is 4.90 Å². The first-order chi connectivity index (χ1) is 10.9. The number of alkyl halides is 3. The number of anilines is 1. The minimum Gasteiger partial charge on any atom is -0.369 e. The first-order valence-electron chi connectivity index (χ1n) is 7.47. The fraction of sp³-hybridized carbons (Fsp3) is 0.438. The van der Waals surface area contributed by atoms with Crippen LogP contribution in [0.2, 0.25) is 0 Å². The minimum absolute atomic E-state index is 0.598. The standard InChI is InChI=1S/C16H18F3N3S/c1-12-20-14(11-23-12)10-21-6-8-22(9-7-21)15-4-2-13(3-5-15)16(17,18)19/h2-5,11H,6-10H2,1H3. The molecular formula is C16H18F3N3S. The van der Waals surface area contributed by atoms with Crippen molar-refractivity contribution in [2.75, 3.05) is 31.1 Å². The quantitative estimate of drug-likeness (QED) is 0.847. The SMILES string of the molecule is Cc1nc(CN2CCN(c3ccc(C(F)(F)F)cc3)CC2)cs1. The van der Waals surface area contributed by atoms with Gasteiger partial charge in [0, 0.05) is 43.8 Å². The molecule has 23 heavy (non-hydrogen) atoms. The molecule has 1 saturated heterocycles. The van der Waals surface area contributed by atoms with Gasteiger partial charge in [0.25, 0.3) is 0 Å². The molecule has 3 nitrogen and oxygen atoms in total. The number of halogens is 3. The van der Waals surface area contributed by atoms with E-state index in [1.54, 1.807) is 23.5 Å². The van der Waals surface area contributed by atoms with Gasteiger partial charge in [-0.3, -0.25) is 4.90 Å². The number of aryl methyl sites for hydroxylation is 1. The first-order valence-corrected chi connectivity index (χ1v) is 8.35. The number of piperazine rings is 1. The fourth-order valence-electron chi connectivity index (χ4n) is 2.74. The van der Waals surface area contributed by atoms with Crippen molar-refractivity contribution in [1.82, 2.24) is 9.88 Å². The molecule has 2 aromatic rings. The van der Waals surface area contributed by atoms with E-state index in [1.807, 2.05) is 6.92 Å². The monoisotopic (exact) mass is 341 g/mol. The first kappa shape index (κ1) is 16.3. The van der Waals surface area contributed by atoms with E-state index in [0.29, 0.717) is 0 Å². The molecule has 0 amide bonds. The molecule has 124 valence electrons. The summed E-state index contributed by atoms with van der Waals surface area (Å²) < 4.78 is 37.8. The van der Waals surface area contributed by atoms with Crippen molar-refractivity contribution in [2.24, 2.45) is 0 Å². The summed E-state index contributed by atoms with van der Waals surface area (Å²) in [5.41, 5.74) is 1.34. The molecule has 0 unspecified atom stereocenters. The third-order valence-corrected chi connectivity index (χ3v) is 4.81. The van der Waals surface area contributed by atoms with Gasteiger partial charge in [-0.2, -0.15) is 13.2 Å². The van der Waals surface area contributed by atoms with Gasteiger partial charge in [-0.25, -0.2) is 4.98 Å². The third-order valence-electron chi connectivity index (χ3n) is 3.98. The van der Waals surface area contributed by atoms with Gasteiger partial charge >= 0.3 is 6.18 Å². The van der Waals surface area contributed by atoms with Gasteiger partial charge < -0.3 is 4.90 Å². The van der Waals surface area contributed by atoms with E-state index < -0.39 is 11.7 Å². The molecule has 7 heteroatoms. The van der Waals surface area contributed by atoms with Gasteiger partial charge in [0.15, 0.2) is 0 Å². The number of hydrogen-bond donors (Lipinski definition) is 0. The second kappa shape index (κ2) is 6.49. The van der Waals surface area contributed by atoms with E-state index in [0.717, 1.165) is 61.2 Å².